The van der Waals surface area contributed by atoms with Crippen LogP contribution >= 0.6 is 11.8 Å². The lowest BCUT2D eigenvalue weighted by atomic mass is 10.1. The maximum absolute atomic E-state index is 5.91. The molecule has 3 nitrogen and oxygen atoms in total. The molecule has 0 saturated carbocycles. The van der Waals surface area contributed by atoms with Gasteiger partial charge in [0.05, 0.1) is 26.6 Å². The van der Waals surface area contributed by atoms with E-state index in [0.717, 1.165) is 34.0 Å². The predicted octanol–water partition coefficient (Wildman–Crippen LogP) is 5.95. The second kappa shape index (κ2) is 9.32. The number of methoxy groups -OCH3 is 1. The lowest BCUT2D eigenvalue weighted by molar-refractivity contribution is 0.148. The van der Waals surface area contributed by atoms with Crippen molar-refractivity contribution in [3.05, 3.63) is 84.6 Å². The van der Waals surface area contributed by atoms with E-state index in [9.17, 15) is 0 Å². The third-order valence-electron chi connectivity index (χ3n) is 3.95. The molecule has 0 unspecified atom stereocenters. The second-order valence-electron chi connectivity index (χ2n) is 5.70. The highest BCUT2D eigenvalue weighted by Crippen LogP contribution is 2.34. The molecule has 0 N–H and O–H groups in total. The Morgan fingerprint density at radius 2 is 1.85 bits per heavy atom. The summed E-state index contributed by atoms with van der Waals surface area (Å²) in [6.45, 7) is 4.73. The van der Waals surface area contributed by atoms with Crippen LogP contribution in [0.3, 0.4) is 0 Å². The number of rotatable bonds is 9. The summed E-state index contributed by atoms with van der Waals surface area (Å²) in [4.78, 5) is 1.23. The maximum atomic E-state index is 5.91. The molecule has 0 amide bonds. The highest BCUT2D eigenvalue weighted by molar-refractivity contribution is 7.98. The molecule has 26 heavy (non-hydrogen) atoms. The second-order valence-corrected chi connectivity index (χ2v) is 6.75. The predicted molar refractivity (Wildman–Crippen MR) is 107 cm³/mol. The zero-order valence-corrected chi connectivity index (χ0v) is 15.6. The third kappa shape index (κ3) is 4.59. The SMILES string of the molecule is C=CCOCc1coc(-c2ccc(OC)cc2)c1CSc1ccccc1. The van der Waals surface area contributed by atoms with Crippen LogP contribution in [0, 0.1) is 0 Å². The van der Waals surface area contributed by atoms with Crippen molar-refractivity contribution in [3.63, 3.8) is 0 Å². The van der Waals surface area contributed by atoms with Crippen LogP contribution in [0.4, 0.5) is 0 Å². The Morgan fingerprint density at radius 1 is 1.08 bits per heavy atom. The van der Waals surface area contributed by atoms with Gasteiger partial charge in [0.2, 0.25) is 0 Å². The molecule has 0 aliphatic heterocycles. The fourth-order valence-corrected chi connectivity index (χ4v) is 3.58. The molecule has 1 heterocycles. The Morgan fingerprint density at radius 3 is 2.54 bits per heavy atom. The number of furan rings is 1. The van der Waals surface area contributed by atoms with Crippen molar-refractivity contribution >= 4 is 11.8 Å². The Bertz CT molecular complexity index is 822. The Balaban J connectivity index is 1.85. The van der Waals surface area contributed by atoms with Gasteiger partial charge in [-0.15, -0.1) is 18.3 Å². The minimum Gasteiger partial charge on any atom is -0.497 e. The molecule has 3 aromatic rings. The van der Waals surface area contributed by atoms with E-state index in [1.165, 1.54) is 4.90 Å². The number of thioether (sulfide) groups is 1. The van der Waals surface area contributed by atoms with Gasteiger partial charge in [0.25, 0.3) is 0 Å². The Labute approximate surface area is 158 Å². The topological polar surface area (TPSA) is 31.6 Å². The van der Waals surface area contributed by atoms with Crippen LogP contribution in [0.15, 0.2) is 82.8 Å². The standard InChI is InChI=1S/C22H22O3S/c1-3-13-24-14-18-15-25-22(17-9-11-19(23-2)12-10-17)21(18)16-26-20-7-5-4-6-8-20/h3-12,15H,1,13-14,16H2,2H3. The van der Waals surface area contributed by atoms with E-state index in [2.05, 4.69) is 30.8 Å². The molecule has 0 spiro atoms. The van der Waals surface area contributed by atoms with E-state index >= 15 is 0 Å². The van der Waals surface area contributed by atoms with Gasteiger partial charge in [0, 0.05) is 27.3 Å². The Kier molecular flexibility index (Phi) is 6.58. The molecular formula is C22H22O3S. The van der Waals surface area contributed by atoms with Gasteiger partial charge in [-0.3, -0.25) is 0 Å². The van der Waals surface area contributed by atoms with Gasteiger partial charge in [-0.2, -0.15) is 0 Å². The molecule has 3 rings (SSSR count). The van der Waals surface area contributed by atoms with Gasteiger partial charge in [0.15, 0.2) is 0 Å². The van der Waals surface area contributed by atoms with Gasteiger partial charge in [0.1, 0.15) is 11.5 Å². The number of hydrogen-bond donors (Lipinski definition) is 0. The molecule has 2 aromatic carbocycles. The average Bonchev–Trinajstić information content (AvgIpc) is 3.10. The van der Waals surface area contributed by atoms with Crippen LogP contribution in [-0.4, -0.2) is 13.7 Å². The maximum Gasteiger partial charge on any atom is 0.138 e. The largest absolute Gasteiger partial charge is 0.497 e. The summed E-state index contributed by atoms with van der Waals surface area (Å²) in [6, 6.07) is 18.3. The minimum absolute atomic E-state index is 0.510. The summed E-state index contributed by atoms with van der Waals surface area (Å²) in [5.74, 6) is 2.53. The van der Waals surface area contributed by atoms with Crippen LogP contribution in [0.1, 0.15) is 11.1 Å². The normalized spacial score (nSPS) is 10.7. The van der Waals surface area contributed by atoms with Crippen LogP contribution in [0.5, 0.6) is 5.75 Å². The van der Waals surface area contributed by atoms with Crippen LogP contribution < -0.4 is 4.74 Å². The first kappa shape index (κ1) is 18.4. The molecule has 0 fully saturated rings. The lowest BCUT2D eigenvalue weighted by Crippen LogP contribution is -1.95. The highest BCUT2D eigenvalue weighted by atomic mass is 32.2. The smallest absolute Gasteiger partial charge is 0.138 e. The van der Waals surface area contributed by atoms with Crippen molar-refractivity contribution in [2.24, 2.45) is 0 Å². The highest BCUT2D eigenvalue weighted by Gasteiger charge is 2.16. The number of ether oxygens (including phenoxy) is 2. The quantitative estimate of drug-likeness (QED) is 0.266. The zero-order valence-electron chi connectivity index (χ0n) is 14.8. The van der Waals surface area contributed by atoms with Crippen molar-refractivity contribution in [1.82, 2.24) is 0 Å². The van der Waals surface area contributed by atoms with Crippen molar-refractivity contribution in [2.75, 3.05) is 13.7 Å². The summed E-state index contributed by atoms with van der Waals surface area (Å²) < 4.78 is 16.8. The van der Waals surface area contributed by atoms with Gasteiger partial charge in [-0.1, -0.05) is 24.3 Å². The molecule has 0 radical (unpaired) electrons. The molecular weight excluding hydrogens is 344 g/mol. The molecule has 0 saturated heterocycles. The molecule has 0 aliphatic carbocycles. The summed E-state index contributed by atoms with van der Waals surface area (Å²) in [6.07, 6.45) is 3.55. The third-order valence-corrected chi connectivity index (χ3v) is 4.99. The number of benzene rings is 2. The van der Waals surface area contributed by atoms with Crippen LogP contribution in [0.2, 0.25) is 0 Å². The molecule has 0 bridgehead atoms. The van der Waals surface area contributed by atoms with Crippen molar-refractivity contribution in [1.29, 1.82) is 0 Å². The number of hydrogen-bond acceptors (Lipinski definition) is 4. The lowest BCUT2D eigenvalue weighted by Gasteiger charge is -2.08. The monoisotopic (exact) mass is 366 g/mol. The summed E-state index contributed by atoms with van der Waals surface area (Å²) in [5, 5.41) is 0. The molecule has 134 valence electrons. The van der Waals surface area contributed by atoms with Gasteiger partial charge >= 0.3 is 0 Å². The Hall–Kier alpha value is -2.43. The fourth-order valence-electron chi connectivity index (χ4n) is 2.61. The molecule has 1 aromatic heterocycles. The summed E-state index contributed by atoms with van der Waals surface area (Å²) in [7, 11) is 1.67. The minimum atomic E-state index is 0.510. The molecule has 0 aliphatic rings. The first-order valence-electron chi connectivity index (χ1n) is 8.42. The van der Waals surface area contributed by atoms with Crippen molar-refractivity contribution in [2.45, 2.75) is 17.3 Å². The first-order chi connectivity index (χ1) is 12.8. The summed E-state index contributed by atoms with van der Waals surface area (Å²) >= 11 is 1.79. The first-order valence-corrected chi connectivity index (χ1v) is 9.40. The van der Waals surface area contributed by atoms with Gasteiger partial charge in [-0.25, -0.2) is 0 Å². The van der Waals surface area contributed by atoms with Crippen molar-refractivity contribution < 1.29 is 13.9 Å². The van der Waals surface area contributed by atoms with Crippen molar-refractivity contribution in [3.8, 4) is 17.1 Å². The van der Waals surface area contributed by atoms with E-state index in [-0.39, 0.29) is 0 Å². The molecule has 0 atom stereocenters. The van der Waals surface area contributed by atoms with Crippen LogP contribution in [-0.2, 0) is 17.1 Å². The van der Waals surface area contributed by atoms with E-state index in [1.54, 1.807) is 31.2 Å². The fraction of sp³-hybridized carbons (Fsp3) is 0.182. The van der Waals surface area contributed by atoms with E-state index in [4.69, 9.17) is 13.9 Å². The van der Waals surface area contributed by atoms with E-state index in [0.29, 0.717) is 13.2 Å². The van der Waals surface area contributed by atoms with E-state index < -0.39 is 0 Å². The zero-order chi connectivity index (χ0) is 18.2. The summed E-state index contributed by atoms with van der Waals surface area (Å²) in [5.41, 5.74) is 3.26. The average molecular weight is 366 g/mol. The van der Waals surface area contributed by atoms with Gasteiger partial charge < -0.3 is 13.9 Å². The van der Waals surface area contributed by atoms with E-state index in [1.807, 2.05) is 30.3 Å². The van der Waals surface area contributed by atoms with Gasteiger partial charge in [-0.05, 0) is 36.4 Å². The van der Waals surface area contributed by atoms with Crippen LogP contribution in [0.25, 0.3) is 11.3 Å². The molecule has 4 heteroatoms.